The van der Waals surface area contributed by atoms with Crippen molar-refractivity contribution in [2.75, 3.05) is 18.1 Å². The van der Waals surface area contributed by atoms with Crippen LogP contribution >= 0.6 is 39.3 Å². The van der Waals surface area contributed by atoms with Gasteiger partial charge in [0.25, 0.3) is 0 Å². The number of hydrogen-bond acceptors (Lipinski definition) is 3. The molecular formula is C16H20BrClO2S. The summed E-state index contributed by atoms with van der Waals surface area (Å²) in [7, 11) is 0. The van der Waals surface area contributed by atoms with Crippen LogP contribution in [0.15, 0.2) is 22.7 Å². The molecule has 5 heteroatoms. The van der Waals surface area contributed by atoms with Gasteiger partial charge >= 0.3 is 0 Å². The maximum atomic E-state index is 6.32. The predicted molar refractivity (Wildman–Crippen MR) is 92.6 cm³/mol. The monoisotopic (exact) mass is 390 g/mol. The van der Waals surface area contributed by atoms with Crippen molar-refractivity contribution >= 4 is 39.3 Å². The van der Waals surface area contributed by atoms with Crippen LogP contribution in [0.4, 0.5) is 0 Å². The predicted octanol–water partition coefficient (Wildman–Crippen LogP) is 5.01. The van der Waals surface area contributed by atoms with Gasteiger partial charge in [0.05, 0.1) is 22.6 Å². The largest absolute Gasteiger partial charge is 0.489 e. The smallest absolute Gasteiger partial charge is 0.138 e. The summed E-state index contributed by atoms with van der Waals surface area (Å²) in [6.45, 7) is 0.802. The normalized spacial score (nSPS) is 25.0. The molecule has 116 valence electrons. The van der Waals surface area contributed by atoms with Gasteiger partial charge in [-0.2, -0.15) is 11.8 Å². The van der Waals surface area contributed by atoms with Gasteiger partial charge in [-0.1, -0.05) is 12.1 Å². The van der Waals surface area contributed by atoms with Crippen LogP contribution in [0.5, 0.6) is 5.75 Å². The molecule has 1 unspecified atom stereocenters. The fraction of sp³-hybridized carbons (Fsp3) is 0.625. The van der Waals surface area contributed by atoms with Gasteiger partial charge in [0, 0.05) is 18.4 Å². The van der Waals surface area contributed by atoms with Crippen molar-refractivity contribution in [3.05, 3.63) is 28.2 Å². The van der Waals surface area contributed by atoms with Crippen molar-refractivity contribution in [3.8, 4) is 5.75 Å². The molecule has 0 bridgehead atoms. The second kappa shape index (κ2) is 7.12. The van der Waals surface area contributed by atoms with Gasteiger partial charge in [0.1, 0.15) is 11.9 Å². The molecule has 0 amide bonds. The Balaban J connectivity index is 1.73. The first-order valence-corrected chi connectivity index (χ1v) is 9.92. The quantitative estimate of drug-likeness (QED) is 0.675. The molecule has 2 nitrogen and oxygen atoms in total. The number of ether oxygens (including phenoxy) is 2. The number of alkyl halides is 1. The van der Waals surface area contributed by atoms with Crippen LogP contribution in [0.3, 0.4) is 0 Å². The maximum Gasteiger partial charge on any atom is 0.138 e. The van der Waals surface area contributed by atoms with Gasteiger partial charge in [-0.25, -0.2) is 0 Å². The summed E-state index contributed by atoms with van der Waals surface area (Å²) in [5, 5.41) is 0. The highest BCUT2D eigenvalue weighted by Gasteiger charge is 2.39. The molecule has 1 atom stereocenters. The highest BCUT2D eigenvalue weighted by atomic mass is 79.9. The lowest BCUT2D eigenvalue weighted by atomic mass is 9.86. The lowest BCUT2D eigenvalue weighted by Crippen LogP contribution is -2.46. The average molecular weight is 392 g/mol. The lowest BCUT2D eigenvalue weighted by molar-refractivity contribution is -0.116. The Labute approximate surface area is 144 Å². The van der Waals surface area contributed by atoms with Crippen LogP contribution in [0.25, 0.3) is 0 Å². The SMILES string of the molecule is ClCc1cccc(Br)c1OC1CCOC2(CCSCC2)C1. The highest BCUT2D eigenvalue weighted by molar-refractivity contribution is 9.10. The number of hydrogen-bond donors (Lipinski definition) is 0. The molecule has 1 aromatic carbocycles. The van der Waals surface area contributed by atoms with E-state index < -0.39 is 0 Å². The number of benzene rings is 1. The van der Waals surface area contributed by atoms with Gasteiger partial charge in [0.2, 0.25) is 0 Å². The maximum absolute atomic E-state index is 6.32. The van der Waals surface area contributed by atoms with Gasteiger partial charge in [-0.15, -0.1) is 11.6 Å². The average Bonchev–Trinajstić information content (AvgIpc) is 2.50. The second-order valence-electron chi connectivity index (χ2n) is 5.74. The number of thioether (sulfide) groups is 1. The molecule has 0 N–H and O–H groups in total. The number of para-hydroxylation sites is 1. The van der Waals surface area contributed by atoms with E-state index in [1.54, 1.807) is 0 Å². The lowest BCUT2D eigenvalue weighted by Gasteiger charge is -2.43. The summed E-state index contributed by atoms with van der Waals surface area (Å²) >= 11 is 11.7. The summed E-state index contributed by atoms with van der Waals surface area (Å²) in [5.41, 5.74) is 1.10. The molecule has 2 heterocycles. The minimum absolute atomic E-state index is 0.0521. The Bertz CT molecular complexity index is 486. The van der Waals surface area contributed by atoms with Crippen LogP contribution in [-0.2, 0) is 10.6 Å². The van der Waals surface area contributed by atoms with E-state index in [1.807, 2.05) is 30.0 Å². The third-order valence-corrected chi connectivity index (χ3v) is 6.23. The van der Waals surface area contributed by atoms with Gasteiger partial charge in [0.15, 0.2) is 0 Å². The standard InChI is InChI=1S/C16H20BrClO2S/c17-14-3-1-2-12(11-18)15(14)20-13-4-7-19-16(10-13)5-8-21-9-6-16/h1-3,13H,4-11H2. The summed E-state index contributed by atoms with van der Waals surface area (Å²) in [4.78, 5) is 0. The number of rotatable bonds is 3. The first-order valence-electron chi connectivity index (χ1n) is 7.44. The third kappa shape index (κ3) is 3.72. The molecule has 0 aromatic heterocycles. The molecule has 2 saturated heterocycles. The van der Waals surface area contributed by atoms with Gasteiger partial charge in [-0.05, 0) is 46.3 Å². The van der Waals surface area contributed by atoms with Crippen LogP contribution < -0.4 is 4.74 Å². The zero-order valence-electron chi connectivity index (χ0n) is 11.9. The summed E-state index contributed by atoms with van der Waals surface area (Å²) in [6.07, 6.45) is 4.47. The first kappa shape index (κ1) is 16.0. The van der Waals surface area contributed by atoms with Gasteiger partial charge < -0.3 is 9.47 Å². The van der Waals surface area contributed by atoms with E-state index in [9.17, 15) is 0 Å². The Hall–Kier alpha value is 0.1000. The molecular weight excluding hydrogens is 372 g/mol. The van der Waals surface area contributed by atoms with E-state index in [1.165, 1.54) is 11.5 Å². The molecule has 21 heavy (non-hydrogen) atoms. The van der Waals surface area contributed by atoms with Gasteiger partial charge in [-0.3, -0.25) is 0 Å². The van der Waals surface area contributed by atoms with Crippen molar-refractivity contribution in [1.29, 1.82) is 0 Å². The molecule has 0 radical (unpaired) electrons. The van der Waals surface area contributed by atoms with E-state index in [0.717, 1.165) is 48.1 Å². The zero-order chi connectivity index (χ0) is 14.7. The molecule has 0 aliphatic carbocycles. The molecule has 1 aromatic rings. The first-order chi connectivity index (χ1) is 10.2. The minimum Gasteiger partial charge on any atom is -0.489 e. The van der Waals surface area contributed by atoms with Crippen molar-refractivity contribution in [2.24, 2.45) is 0 Å². The van der Waals surface area contributed by atoms with E-state index in [-0.39, 0.29) is 11.7 Å². The van der Waals surface area contributed by atoms with Crippen molar-refractivity contribution in [3.63, 3.8) is 0 Å². The topological polar surface area (TPSA) is 18.5 Å². The van der Waals surface area contributed by atoms with Crippen LogP contribution in [0, 0.1) is 0 Å². The Morgan fingerprint density at radius 2 is 2.19 bits per heavy atom. The Kier molecular flexibility index (Phi) is 5.41. The Morgan fingerprint density at radius 1 is 1.38 bits per heavy atom. The Morgan fingerprint density at radius 3 is 2.95 bits per heavy atom. The van der Waals surface area contributed by atoms with E-state index in [4.69, 9.17) is 21.1 Å². The van der Waals surface area contributed by atoms with Crippen LogP contribution in [-0.4, -0.2) is 29.8 Å². The second-order valence-corrected chi connectivity index (χ2v) is 8.08. The minimum atomic E-state index is 0.0521. The summed E-state index contributed by atoms with van der Waals surface area (Å²) < 4.78 is 13.4. The fourth-order valence-electron chi connectivity index (χ4n) is 3.13. The zero-order valence-corrected chi connectivity index (χ0v) is 15.1. The van der Waals surface area contributed by atoms with Crippen molar-refractivity contribution in [2.45, 2.75) is 43.3 Å². The van der Waals surface area contributed by atoms with Crippen LogP contribution in [0.2, 0.25) is 0 Å². The summed E-state index contributed by atoms with van der Waals surface area (Å²) in [5.74, 6) is 3.78. The third-order valence-electron chi connectivity index (χ3n) is 4.33. The molecule has 0 saturated carbocycles. The van der Waals surface area contributed by atoms with Crippen molar-refractivity contribution in [1.82, 2.24) is 0 Å². The van der Waals surface area contributed by atoms with Crippen molar-refractivity contribution < 1.29 is 9.47 Å². The molecule has 1 spiro atoms. The summed E-state index contributed by atoms with van der Waals surface area (Å²) in [6, 6.07) is 6.04. The van der Waals surface area contributed by atoms with E-state index in [2.05, 4.69) is 15.9 Å². The molecule has 3 rings (SSSR count). The fourth-order valence-corrected chi connectivity index (χ4v) is 5.08. The van der Waals surface area contributed by atoms with E-state index >= 15 is 0 Å². The van der Waals surface area contributed by atoms with Crippen LogP contribution in [0.1, 0.15) is 31.2 Å². The highest BCUT2D eigenvalue weighted by Crippen LogP contribution is 2.40. The number of halogens is 2. The molecule has 2 aliphatic heterocycles. The molecule has 2 aliphatic rings. The molecule has 2 fully saturated rings. The van der Waals surface area contributed by atoms with E-state index in [0.29, 0.717) is 5.88 Å².